The second kappa shape index (κ2) is 7.39. The molecule has 0 aliphatic carbocycles. The highest BCUT2D eigenvalue weighted by molar-refractivity contribution is 6.06. The van der Waals surface area contributed by atoms with Gasteiger partial charge < -0.3 is 10.2 Å². The Morgan fingerprint density at radius 3 is 2.37 bits per heavy atom. The van der Waals surface area contributed by atoms with Crippen molar-refractivity contribution >= 4 is 28.2 Å². The van der Waals surface area contributed by atoms with Gasteiger partial charge in [-0.1, -0.05) is 29.3 Å². The summed E-state index contributed by atoms with van der Waals surface area (Å²) in [6.07, 6.45) is 3.67. The number of fused-ring (bicyclic) bond motifs is 1. The molecule has 4 rings (SSSR count). The Hall–Kier alpha value is -2.88. The molecule has 2 heterocycles. The monoisotopic (exact) mass is 359 g/mol. The number of aromatic nitrogens is 1. The van der Waals surface area contributed by atoms with Gasteiger partial charge in [0, 0.05) is 29.9 Å². The van der Waals surface area contributed by atoms with Crippen LogP contribution in [0, 0.1) is 13.8 Å². The highest BCUT2D eigenvalue weighted by Crippen LogP contribution is 2.30. The molecule has 1 fully saturated rings. The molecule has 0 unspecified atom stereocenters. The van der Waals surface area contributed by atoms with Gasteiger partial charge in [0.1, 0.15) is 5.69 Å². The van der Waals surface area contributed by atoms with Crippen LogP contribution in [0.25, 0.3) is 10.9 Å². The fourth-order valence-corrected chi connectivity index (χ4v) is 3.67. The van der Waals surface area contributed by atoms with Crippen LogP contribution in [0.3, 0.4) is 0 Å². The summed E-state index contributed by atoms with van der Waals surface area (Å²) >= 11 is 0. The maximum atomic E-state index is 12.9. The molecule has 0 spiro atoms. The van der Waals surface area contributed by atoms with Crippen LogP contribution in [-0.2, 0) is 0 Å². The molecule has 0 radical (unpaired) electrons. The van der Waals surface area contributed by atoms with E-state index in [1.807, 2.05) is 43.3 Å². The molecule has 3 aromatic rings. The number of amides is 1. The van der Waals surface area contributed by atoms with E-state index < -0.39 is 0 Å². The van der Waals surface area contributed by atoms with E-state index >= 15 is 0 Å². The van der Waals surface area contributed by atoms with Gasteiger partial charge in [-0.3, -0.25) is 4.79 Å². The number of benzene rings is 2. The van der Waals surface area contributed by atoms with Crippen LogP contribution in [0.1, 0.15) is 40.9 Å². The van der Waals surface area contributed by atoms with Gasteiger partial charge in [0.05, 0.1) is 5.52 Å². The maximum absolute atomic E-state index is 12.9. The molecule has 2 aromatic carbocycles. The number of hydrogen-bond acceptors (Lipinski definition) is 3. The van der Waals surface area contributed by atoms with Crippen molar-refractivity contribution in [2.45, 2.75) is 33.1 Å². The number of rotatable bonds is 3. The molecule has 1 saturated heterocycles. The second-order valence-electron chi connectivity index (χ2n) is 7.42. The van der Waals surface area contributed by atoms with Crippen LogP contribution < -0.4 is 10.2 Å². The minimum atomic E-state index is -0.167. The summed E-state index contributed by atoms with van der Waals surface area (Å²) in [7, 11) is 0. The van der Waals surface area contributed by atoms with Gasteiger partial charge in [0.2, 0.25) is 0 Å². The first-order valence-corrected chi connectivity index (χ1v) is 9.64. The zero-order valence-electron chi connectivity index (χ0n) is 16.0. The van der Waals surface area contributed by atoms with Gasteiger partial charge in [0.15, 0.2) is 0 Å². The van der Waals surface area contributed by atoms with E-state index in [-0.39, 0.29) is 5.91 Å². The lowest BCUT2D eigenvalue weighted by Gasteiger charge is -2.30. The van der Waals surface area contributed by atoms with Gasteiger partial charge in [0.25, 0.3) is 5.91 Å². The zero-order valence-corrected chi connectivity index (χ0v) is 16.0. The van der Waals surface area contributed by atoms with Gasteiger partial charge in [-0.15, -0.1) is 0 Å². The van der Waals surface area contributed by atoms with Crippen molar-refractivity contribution in [3.05, 3.63) is 65.4 Å². The molecule has 4 heteroatoms. The van der Waals surface area contributed by atoms with Crippen molar-refractivity contribution in [2.75, 3.05) is 23.3 Å². The number of anilines is 2. The Morgan fingerprint density at radius 1 is 0.926 bits per heavy atom. The van der Waals surface area contributed by atoms with E-state index in [0.29, 0.717) is 5.69 Å². The van der Waals surface area contributed by atoms with Crippen LogP contribution >= 0.6 is 0 Å². The molecular weight excluding hydrogens is 334 g/mol. The lowest BCUT2D eigenvalue weighted by molar-refractivity contribution is 0.102. The van der Waals surface area contributed by atoms with E-state index in [4.69, 9.17) is 0 Å². The summed E-state index contributed by atoms with van der Waals surface area (Å²) in [6, 6.07) is 16.0. The summed E-state index contributed by atoms with van der Waals surface area (Å²) in [5.74, 6) is -0.167. The molecular formula is C23H25N3O. The van der Waals surface area contributed by atoms with Crippen molar-refractivity contribution in [1.29, 1.82) is 0 Å². The van der Waals surface area contributed by atoms with Crippen molar-refractivity contribution in [1.82, 2.24) is 4.98 Å². The largest absolute Gasteiger partial charge is 0.371 e. The number of aryl methyl sites for hydroxylation is 2. The second-order valence-corrected chi connectivity index (χ2v) is 7.42. The normalized spacial score (nSPS) is 14.4. The molecule has 0 saturated carbocycles. The van der Waals surface area contributed by atoms with E-state index in [0.717, 1.165) is 35.4 Å². The highest BCUT2D eigenvalue weighted by Gasteiger charge is 2.18. The summed E-state index contributed by atoms with van der Waals surface area (Å²) in [4.78, 5) is 19.9. The van der Waals surface area contributed by atoms with Crippen LogP contribution in [0.4, 0.5) is 11.4 Å². The predicted octanol–water partition coefficient (Wildman–Crippen LogP) is 5.09. The van der Waals surface area contributed by atoms with Crippen LogP contribution in [0.2, 0.25) is 0 Å². The quantitative estimate of drug-likeness (QED) is 0.708. The molecule has 1 aliphatic heterocycles. The van der Waals surface area contributed by atoms with E-state index in [2.05, 4.69) is 34.3 Å². The van der Waals surface area contributed by atoms with Crippen molar-refractivity contribution < 1.29 is 4.79 Å². The molecule has 138 valence electrons. The third-order valence-electron chi connectivity index (χ3n) is 5.18. The third-order valence-corrected chi connectivity index (χ3v) is 5.18. The molecule has 1 amide bonds. The Labute approximate surface area is 160 Å². The molecule has 1 N–H and O–H groups in total. The topological polar surface area (TPSA) is 45.2 Å². The molecule has 0 atom stereocenters. The predicted molar refractivity (Wildman–Crippen MR) is 112 cm³/mol. The van der Waals surface area contributed by atoms with Crippen molar-refractivity contribution in [3.8, 4) is 0 Å². The summed E-state index contributed by atoms with van der Waals surface area (Å²) in [6.45, 7) is 6.19. The average molecular weight is 359 g/mol. The van der Waals surface area contributed by atoms with Crippen LogP contribution in [0.5, 0.6) is 0 Å². The summed E-state index contributed by atoms with van der Waals surface area (Å²) < 4.78 is 0. The minimum absolute atomic E-state index is 0.167. The number of pyridine rings is 1. The van der Waals surface area contributed by atoms with Gasteiger partial charge in [-0.05, 0) is 63.4 Å². The first-order valence-electron chi connectivity index (χ1n) is 9.64. The third kappa shape index (κ3) is 3.80. The van der Waals surface area contributed by atoms with Gasteiger partial charge >= 0.3 is 0 Å². The molecule has 4 nitrogen and oxygen atoms in total. The highest BCUT2D eigenvalue weighted by atomic mass is 16.1. The number of carbonyl (C=O) groups is 1. The zero-order chi connectivity index (χ0) is 18.8. The number of hydrogen-bond donors (Lipinski definition) is 1. The van der Waals surface area contributed by atoms with Gasteiger partial charge in [-0.2, -0.15) is 0 Å². The lowest BCUT2D eigenvalue weighted by atomic mass is 10.1. The molecule has 1 aliphatic rings. The first-order chi connectivity index (χ1) is 13.1. The lowest BCUT2D eigenvalue weighted by Crippen LogP contribution is -2.30. The Morgan fingerprint density at radius 2 is 1.63 bits per heavy atom. The van der Waals surface area contributed by atoms with Crippen molar-refractivity contribution in [3.63, 3.8) is 0 Å². The van der Waals surface area contributed by atoms with Crippen molar-refractivity contribution in [2.24, 2.45) is 0 Å². The fraction of sp³-hybridized carbons (Fsp3) is 0.304. The fourth-order valence-electron chi connectivity index (χ4n) is 3.67. The number of nitrogens with zero attached hydrogens (tertiary/aromatic N) is 2. The smallest absolute Gasteiger partial charge is 0.274 e. The molecule has 1 aromatic heterocycles. The van der Waals surface area contributed by atoms with Gasteiger partial charge in [-0.25, -0.2) is 4.98 Å². The first kappa shape index (κ1) is 17.5. The number of piperidine rings is 1. The average Bonchev–Trinajstić information content (AvgIpc) is 2.69. The SMILES string of the molecule is Cc1ccc(NC(=O)c2cc(N3CCCCC3)c3cc(C)ccc3n2)cc1. The Kier molecular flexibility index (Phi) is 4.80. The molecule has 27 heavy (non-hydrogen) atoms. The van der Waals surface area contributed by atoms with Crippen LogP contribution in [0.15, 0.2) is 48.5 Å². The number of carbonyl (C=O) groups excluding carboxylic acids is 1. The minimum Gasteiger partial charge on any atom is -0.371 e. The molecule has 0 bridgehead atoms. The Balaban J connectivity index is 1.73. The van der Waals surface area contributed by atoms with Crippen LogP contribution in [-0.4, -0.2) is 24.0 Å². The summed E-state index contributed by atoms with van der Waals surface area (Å²) in [5.41, 5.74) is 5.62. The van der Waals surface area contributed by atoms with E-state index in [9.17, 15) is 4.79 Å². The number of nitrogens with one attached hydrogen (secondary N) is 1. The Bertz CT molecular complexity index is 973. The standard InChI is InChI=1S/C23H25N3O/c1-16-6-9-18(10-7-16)24-23(27)21-15-22(26-12-4-3-5-13-26)19-14-17(2)8-11-20(19)25-21/h6-11,14-15H,3-5,12-13H2,1-2H3,(H,24,27). The summed E-state index contributed by atoms with van der Waals surface area (Å²) in [5, 5.41) is 4.10. The van der Waals surface area contributed by atoms with E-state index in [1.165, 1.54) is 30.4 Å². The maximum Gasteiger partial charge on any atom is 0.274 e. The van der Waals surface area contributed by atoms with E-state index in [1.54, 1.807) is 0 Å².